The molecule has 4 nitrogen and oxygen atoms in total. The molecule has 0 saturated heterocycles. The van der Waals surface area contributed by atoms with E-state index in [1.54, 1.807) is 0 Å². The Morgan fingerprint density at radius 1 is 1.50 bits per heavy atom. The summed E-state index contributed by atoms with van der Waals surface area (Å²) in [5, 5.41) is 17.6. The lowest BCUT2D eigenvalue weighted by Gasteiger charge is -2.22. The van der Waals surface area contributed by atoms with Gasteiger partial charge in [0.1, 0.15) is 5.82 Å². The van der Waals surface area contributed by atoms with E-state index in [1.807, 2.05) is 0 Å². The molecule has 76 valence electrons. The highest BCUT2D eigenvalue weighted by molar-refractivity contribution is 5.80. The third kappa shape index (κ3) is 1.59. The number of hydrogen-bond acceptors (Lipinski definition) is 3. The molecule has 0 aromatic heterocycles. The Kier molecular flexibility index (Phi) is 2.83. The molecule has 0 aliphatic rings. The Morgan fingerprint density at radius 2 is 2.07 bits per heavy atom. The second kappa shape index (κ2) is 3.73. The first kappa shape index (κ1) is 10.6. The SMILES string of the molecule is N[C@](CO)(C(=O)O)c1ccccc1F. The summed E-state index contributed by atoms with van der Waals surface area (Å²) in [4.78, 5) is 10.8. The lowest BCUT2D eigenvalue weighted by Crippen LogP contribution is -2.48. The fourth-order valence-electron chi connectivity index (χ4n) is 1.09. The van der Waals surface area contributed by atoms with E-state index in [1.165, 1.54) is 18.2 Å². The number of carboxylic acids is 1. The van der Waals surface area contributed by atoms with Crippen LogP contribution < -0.4 is 5.73 Å². The van der Waals surface area contributed by atoms with Gasteiger partial charge in [0.25, 0.3) is 0 Å². The average Bonchev–Trinajstić information content (AvgIpc) is 2.17. The quantitative estimate of drug-likeness (QED) is 0.642. The molecule has 0 bridgehead atoms. The van der Waals surface area contributed by atoms with Gasteiger partial charge in [-0.05, 0) is 6.07 Å². The van der Waals surface area contributed by atoms with Gasteiger partial charge in [-0.2, -0.15) is 0 Å². The van der Waals surface area contributed by atoms with Crippen LogP contribution in [0, 0.1) is 5.82 Å². The molecule has 1 atom stereocenters. The van der Waals surface area contributed by atoms with Crippen LogP contribution in [0.2, 0.25) is 0 Å². The number of halogens is 1. The minimum absolute atomic E-state index is 0.227. The maximum Gasteiger partial charge on any atom is 0.330 e. The van der Waals surface area contributed by atoms with Crippen LogP contribution in [-0.2, 0) is 10.3 Å². The molecule has 0 heterocycles. The van der Waals surface area contributed by atoms with Gasteiger partial charge >= 0.3 is 5.97 Å². The standard InChI is InChI=1S/C9H10FNO3/c10-7-4-2-1-3-6(7)9(11,5-12)8(13)14/h1-4,12H,5,11H2,(H,13,14)/t9-/m0/s1. The topological polar surface area (TPSA) is 83.5 Å². The zero-order chi connectivity index (χ0) is 10.8. The smallest absolute Gasteiger partial charge is 0.330 e. The molecule has 0 radical (unpaired) electrons. The highest BCUT2D eigenvalue weighted by atomic mass is 19.1. The van der Waals surface area contributed by atoms with Gasteiger partial charge in [0.2, 0.25) is 0 Å². The molecule has 1 aromatic carbocycles. The number of carboxylic acid groups (broad SMARTS) is 1. The molecule has 0 fully saturated rings. The maximum absolute atomic E-state index is 13.2. The molecule has 14 heavy (non-hydrogen) atoms. The van der Waals surface area contributed by atoms with Crippen molar-refractivity contribution in [3.63, 3.8) is 0 Å². The van der Waals surface area contributed by atoms with E-state index in [2.05, 4.69) is 0 Å². The van der Waals surface area contributed by atoms with Crippen LogP contribution in [0.3, 0.4) is 0 Å². The van der Waals surface area contributed by atoms with Crippen molar-refractivity contribution in [3.05, 3.63) is 35.6 Å². The van der Waals surface area contributed by atoms with Gasteiger partial charge < -0.3 is 15.9 Å². The molecule has 0 amide bonds. The minimum Gasteiger partial charge on any atom is -0.480 e. The molecule has 0 saturated carbocycles. The molecule has 0 spiro atoms. The van der Waals surface area contributed by atoms with E-state index >= 15 is 0 Å². The lowest BCUT2D eigenvalue weighted by molar-refractivity contribution is -0.145. The van der Waals surface area contributed by atoms with E-state index < -0.39 is 23.9 Å². The van der Waals surface area contributed by atoms with Crippen molar-refractivity contribution in [1.82, 2.24) is 0 Å². The fraction of sp³-hybridized carbons (Fsp3) is 0.222. The first-order valence-corrected chi connectivity index (χ1v) is 3.90. The Hall–Kier alpha value is -1.46. The molecule has 5 heteroatoms. The van der Waals surface area contributed by atoms with E-state index in [4.69, 9.17) is 15.9 Å². The van der Waals surface area contributed by atoms with Gasteiger partial charge in [-0.1, -0.05) is 18.2 Å². The van der Waals surface area contributed by atoms with Gasteiger partial charge in [-0.15, -0.1) is 0 Å². The third-order valence-corrected chi connectivity index (χ3v) is 1.99. The largest absolute Gasteiger partial charge is 0.480 e. The highest BCUT2D eigenvalue weighted by Crippen LogP contribution is 2.20. The van der Waals surface area contributed by atoms with E-state index in [0.717, 1.165) is 6.07 Å². The number of rotatable bonds is 3. The van der Waals surface area contributed by atoms with Gasteiger partial charge in [0.05, 0.1) is 6.61 Å². The second-order valence-electron chi connectivity index (χ2n) is 2.91. The maximum atomic E-state index is 13.2. The number of nitrogens with two attached hydrogens (primary N) is 1. The molecule has 1 aromatic rings. The van der Waals surface area contributed by atoms with Crippen molar-refractivity contribution >= 4 is 5.97 Å². The van der Waals surface area contributed by atoms with Crippen LogP contribution in [-0.4, -0.2) is 22.8 Å². The lowest BCUT2D eigenvalue weighted by atomic mass is 9.91. The van der Waals surface area contributed by atoms with Crippen molar-refractivity contribution in [1.29, 1.82) is 0 Å². The predicted octanol–water partition coefficient (Wildman–Crippen LogP) is 0.0566. The fourth-order valence-corrected chi connectivity index (χ4v) is 1.09. The molecular weight excluding hydrogens is 189 g/mol. The molecular formula is C9H10FNO3. The van der Waals surface area contributed by atoms with Gasteiger partial charge in [-0.25, -0.2) is 9.18 Å². The zero-order valence-corrected chi connectivity index (χ0v) is 7.27. The van der Waals surface area contributed by atoms with Gasteiger partial charge in [0, 0.05) is 5.56 Å². The summed E-state index contributed by atoms with van der Waals surface area (Å²) in [6, 6.07) is 5.20. The average molecular weight is 199 g/mol. The number of aliphatic hydroxyl groups excluding tert-OH is 1. The highest BCUT2D eigenvalue weighted by Gasteiger charge is 2.37. The number of carbonyl (C=O) groups is 1. The Labute approximate surface area is 79.8 Å². The summed E-state index contributed by atoms with van der Waals surface area (Å²) in [6.07, 6.45) is 0. The van der Waals surface area contributed by atoms with E-state index in [0.29, 0.717) is 0 Å². The number of aliphatic carboxylic acids is 1. The monoisotopic (exact) mass is 199 g/mol. The minimum atomic E-state index is -2.08. The molecule has 0 aliphatic carbocycles. The van der Waals surface area contributed by atoms with Crippen LogP contribution in [0.1, 0.15) is 5.56 Å². The van der Waals surface area contributed by atoms with Crippen LogP contribution in [0.25, 0.3) is 0 Å². The van der Waals surface area contributed by atoms with Crippen molar-refractivity contribution in [2.45, 2.75) is 5.54 Å². The van der Waals surface area contributed by atoms with E-state index in [-0.39, 0.29) is 5.56 Å². The number of hydrogen-bond donors (Lipinski definition) is 3. The van der Waals surface area contributed by atoms with Crippen LogP contribution in [0.5, 0.6) is 0 Å². The molecule has 0 aliphatic heterocycles. The van der Waals surface area contributed by atoms with Gasteiger partial charge in [-0.3, -0.25) is 0 Å². The Morgan fingerprint density at radius 3 is 2.50 bits per heavy atom. The van der Waals surface area contributed by atoms with Gasteiger partial charge in [0.15, 0.2) is 5.54 Å². The first-order chi connectivity index (χ1) is 6.52. The molecule has 4 N–H and O–H groups in total. The van der Waals surface area contributed by atoms with Crippen molar-refractivity contribution in [3.8, 4) is 0 Å². The summed E-state index contributed by atoms with van der Waals surface area (Å²) < 4.78 is 13.2. The van der Waals surface area contributed by atoms with Crippen LogP contribution in [0.15, 0.2) is 24.3 Å². The van der Waals surface area contributed by atoms with Crippen molar-refractivity contribution in [2.24, 2.45) is 5.73 Å². The predicted molar refractivity (Wildman–Crippen MR) is 47.0 cm³/mol. The normalized spacial score (nSPS) is 14.8. The van der Waals surface area contributed by atoms with E-state index in [9.17, 15) is 9.18 Å². The Bertz CT molecular complexity index is 356. The summed E-state index contributed by atoms with van der Waals surface area (Å²) in [6.45, 7) is -0.858. The third-order valence-electron chi connectivity index (χ3n) is 1.99. The summed E-state index contributed by atoms with van der Waals surface area (Å²) >= 11 is 0. The first-order valence-electron chi connectivity index (χ1n) is 3.90. The second-order valence-corrected chi connectivity index (χ2v) is 2.91. The van der Waals surface area contributed by atoms with Crippen LogP contribution in [0.4, 0.5) is 4.39 Å². The number of benzene rings is 1. The molecule has 0 unspecified atom stereocenters. The Balaban J connectivity index is 3.26. The summed E-state index contributed by atoms with van der Waals surface area (Å²) in [7, 11) is 0. The molecule has 1 rings (SSSR count). The summed E-state index contributed by atoms with van der Waals surface area (Å²) in [5.41, 5.74) is 3.07. The number of aliphatic hydroxyl groups is 1. The zero-order valence-electron chi connectivity index (χ0n) is 7.27. The summed E-state index contributed by atoms with van der Waals surface area (Å²) in [5.74, 6) is -2.21. The van der Waals surface area contributed by atoms with Crippen LogP contribution >= 0.6 is 0 Å². The van der Waals surface area contributed by atoms with Crippen molar-refractivity contribution < 1.29 is 19.4 Å². The van der Waals surface area contributed by atoms with Crippen molar-refractivity contribution in [2.75, 3.05) is 6.61 Å².